The normalized spacial score (nSPS) is 34.2. The van der Waals surface area contributed by atoms with Crippen molar-refractivity contribution in [1.29, 1.82) is 0 Å². The third kappa shape index (κ3) is 3.68. The van der Waals surface area contributed by atoms with Crippen LogP contribution in [0.2, 0.25) is 0 Å². The fourth-order valence-corrected chi connectivity index (χ4v) is 6.97. The van der Waals surface area contributed by atoms with Crippen LogP contribution in [0.3, 0.4) is 0 Å². The van der Waals surface area contributed by atoms with Gasteiger partial charge in [-0.15, -0.1) is 0 Å². The lowest BCUT2D eigenvalue weighted by Crippen LogP contribution is -2.59. The molecule has 2 aromatic heterocycles. The Kier molecular flexibility index (Phi) is 5.12. The molecule has 0 spiro atoms. The van der Waals surface area contributed by atoms with E-state index in [1.54, 1.807) is 6.20 Å². The van der Waals surface area contributed by atoms with Gasteiger partial charge in [-0.05, 0) is 55.9 Å². The Morgan fingerprint density at radius 2 is 2.03 bits per heavy atom. The van der Waals surface area contributed by atoms with E-state index in [4.69, 9.17) is 4.74 Å². The van der Waals surface area contributed by atoms with E-state index in [-0.39, 0.29) is 5.91 Å². The maximum absolute atomic E-state index is 13.2. The van der Waals surface area contributed by atoms with Gasteiger partial charge in [-0.1, -0.05) is 0 Å². The monoisotopic (exact) mass is 439 g/mol. The van der Waals surface area contributed by atoms with Crippen molar-refractivity contribution in [3.8, 4) is 0 Å². The van der Waals surface area contributed by atoms with Gasteiger partial charge in [-0.25, -0.2) is 4.98 Å². The maximum atomic E-state index is 13.2. The number of rotatable bonds is 6. The summed E-state index contributed by atoms with van der Waals surface area (Å²) in [6.45, 7) is 4.78. The number of fused-ring (bicyclic) bond motifs is 1. The molecule has 2 unspecified atom stereocenters. The Balaban J connectivity index is 1.21. The number of aromatic nitrogens is 2. The number of amides is 1. The van der Waals surface area contributed by atoms with Gasteiger partial charge in [0.15, 0.2) is 0 Å². The van der Waals surface area contributed by atoms with Gasteiger partial charge < -0.3 is 25.5 Å². The zero-order valence-electron chi connectivity index (χ0n) is 18.5. The van der Waals surface area contributed by atoms with Crippen LogP contribution in [0, 0.1) is 17.8 Å². The highest BCUT2D eigenvalue weighted by molar-refractivity contribution is 6.06. The van der Waals surface area contributed by atoms with Crippen LogP contribution in [0.15, 0.2) is 18.5 Å². The van der Waals surface area contributed by atoms with Crippen molar-refractivity contribution in [3.05, 3.63) is 24.0 Å². The second kappa shape index (κ2) is 8.01. The molecule has 8 heteroatoms. The van der Waals surface area contributed by atoms with Gasteiger partial charge in [0, 0.05) is 50.0 Å². The molecule has 172 valence electrons. The number of aliphatic hydroxyl groups is 1. The largest absolute Gasteiger partial charge is 0.390 e. The number of aromatic amines is 1. The van der Waals surface area contributed by atoms with E-state index in [0.29, 0.717) is 35.9 Å². The number of carbonyl (C=O) groups is 1. The molecule has 4 N–H and O–H groups in total. The first-order valence-electron chi connectivity index (χ1n) is 12.1. The summed E-state index contributed by atoms with van der Waals surface area (Å²) in [5.74, 6) is 1.50. The molecule has 4 saturated carbocycles. The lowest BCUT2D eigenvalue weighted by molar-refractivity contribution is -0.129. The predicted molar refractivity (Wildman–Crippen MR) is 122 cm³/mol. The molecule has 7 rings (SSSR count). The van der Waals surface area contributed by atoms with E-state index in [0.717, 1.165) is 68.8 Å². The molecule has 32 heavy (non-hydrogen) atoms. The summed E-state index contributed by atoms with van der Waals surface area (Å²) in [4.78, 5) is 23.2. The minimum atomic E-state index is -0.462. The molecular formula is C24H33N5O3. The first-order chi connectivity index (χ1) is 15.6. The highest BCUT2D eigenvalue weighted by atomic mass is 16.5. The second-order valence-corrected chi connectivity index (χ2v) is 10.4. The molecule has 2 aromatic rings. The molecular weight excluding hydrogens is 406 g/mol. The van der Waals surface area contributed by atoms with Crippen molar-refractivity contribution in [2.45, 2.75) is 43.7 Å². The van der Waals surface area contributed by atoms with E-state index in [1.165, 1.54) is 12.8 Å². The number of H-pyrrole nitrogens is 1. The third-order valence-electron chi connectivity index (χ3n) is 8.20. The predicted octanol–water partition coefficient (Wildman–Crippen LogP) is 1.98. The Labute approximate surface area is 188 Å². The first kappa shape index (κ1) is 20.4. The van der Waals surface area contributed by atoms with E-state index in [9.17, 15) is 9.90 Å². The minimum Gasteiger partial charge on any atom is -0.390 e. The van der Waals surface area contributed by atoms with E-state index in [2.05, 4.69) is 25.5 Å². The number of pyridine rings is 1. The first-order valence-corrected chi connectivity index (χ1v) is 12.1. The average molecular weight is 440 g/mol. The summed E-state index contributed by atoms with van der Waals surface area (Å²) in [6.07, 6.45) is 8.65. The van der Waals surface area contributed by atoms with Gasteiger partial charge in [-0.2, -0.15) is 0 Å². The van der Waals surface area contributed by atoms with Gasteiger partial charge in [0.1, 0.15) is 5.65 Å². The number of hydrogen-bond donors (Lipinski definition) is 4. The van der Waals surface area contributed by atoms with Crippen molar-refractivity contribution in [2.75, 3.05) is 44.7 Å². The van der Waals surface area contributed by atoms with Gasteiger partial charge in [-0.3, -0.25) is 9.69 Å². The molecule has 5 fully saturated rings. The van der Waals surface area contributed by atoms with E-state index >= 15 is 0 Å². The lowest BCUT2D eigenvalue weighted by Gasteiger charge is -2.58. The summed E-state index contributed by atoms with van der Waals surface area (Å²) in [6, 6.07) is 2.30. The summed E-state index contributed by atoms with van der Waals surface area (Å²) in [5, 5.41) is 18.8. The molecule has 3 heterocycles. The van der Waals surface area contributed by atoms with Crippen LogP contribution >= 0.6 is 0 Å². The molecule has 4 bridgehead atoms. The summed E-state index contributed by atoms with van der Waals surface area (Å²) in [7, 11) is 0. The lowest BCUT2D eigenvalue weighted by atomic mass is 9.52. The van der Waals surface area contributed by atoms with Crippen LogP contribution < -0.4 is 10.6 Å². The molecule has 0 aromatic carbocycles. The second-order valence-electron chi connectivity index (χ2n) is 10.4. The van der Waals surface area contributed by atoms with Gasteiger partial charge in [0.2, 0.25) is 0 Å². The molecule has 2 atom stereocenters. The summed E-state index contributed by atoms with van der Waals surface area (Å²) in [5.41, 5.74) is 1.81. The molecule has 0 radical (unpaired) electrons. The van der Waals surface area contributed by atoms with Crippen molar-refractivity contribution in [3.63, 3.8) is 0 Å². The van der Waals surface area contributed by atoms with Crippen LogP contribution in [0.5, 0.6) is 0 Å². The maximum Gasteiger partial charge on any atom is 0.255 e. The van der Waals surface area contributed by atoms with E-state index in [1.807, 2.05) is 12.3 Å². The number of nitrogens with zero attached hydrogens (tertiary/aromatic N) is 2. The van der Waals surface area contributed by atoms with Crippen LogP contribution in [0.1, 0.15) is 42.5 Å². The highest BCUT2D eigenvalue weighted by Gasteiger charge is 2.54. The number of morpholine rings is 1. The molecule has 8 nitrogen and oxygen atoms in total. The average Bonchev–Trinajstić information content (AvgIpc) is 3.25. The molecule has 5 aliphatic rings. The van der Waals surface area contributed by atoms with Crippen LogP contribution in [0.4, 0.5) is 5.69 Å². The summed E-state index contributed by atoms with van der Waals surface area (Å²) >= 11 is 0. The summed E-state index contributed by atoms with van der Waals surface area (Å²) < 4.78 is 5.40. The zero-order valence-corrected chi connectivity index (χ0v) is 18.5. The Bertz CT molecular complexity index is 985. The molecule has 4 aliphatic carbocycles. The van der Waals surface area contributed by atoms with Crippen LogP contribution in [-0.2, 0) is 4.74 Å². The SMILES string of the molecule is O=C(NCCN1CCOCC1)c1cnc2[nH]ccc2c1NC1C2CC3CC1CC(O)(C3)C2. The van der Waals surface area contributed by atoms with Gasteiger partial charge >= 0.3 is 0 Å². The van der Waals surface area contributed by atoms with Crippen molar-refractivity contribution in [2.24, 2.45) is 17.8 Å². The third-order valence-corrected chi connectivity index (χ3v) is 8.20. The number of ether oxygens (including phenoxy) is 1. The molecule has 1 amide bonds. The number of nitrogens with one attached hydrogen (secondary N) is 3. The van der Waals surface area contributed by atoms with Crippen LogP contribution in [-0.4, -0.2) is 76.9 Å². The van der Waals surface area contributed by atoms with E-state index < -0.39 is 5.60 Å². The fraction of sp³-hybridized carbons (Fsp3) is 0.667. The molecule has 1 aliphatic heterocycles. The standard InChI is InChI=1S/C24H33N5O3/c30-23(26-3-4-29-5-7-32-8-6-29)19-14-27-22-18(1-2-25-22)21(19)28-20-16-9-15-10-17(20)13-24(31,11-15)12-16/h1-2,14-17,20,31H,3-13H2,(H,26,30)(H2,25,27,28). The number of anilines is 1. The fourth-order valence-electron chi connectivity index (χ4n) is 6.97. The Morgan fingerprint density at radius 1 is 1.25 bits per heavy atom. The van der Waals surface area contributed by atoms with Gasteiger partial charge in [0.05, 0.1) is 30.1 Å². The zero-order chi connectivity index (χ0) is 21.7. The van der Waals surface area contributed by atoms with Crippen LogP contribution in [0.25, 0.3) is 11.0 Å². The molecule has 1 saturated heterocycles. The van der Waals surface area contributed by atoms with Gasteiger partial charge in [0.25, 0.3) is 5.91 Å². The minimum absolute atomic E-state index is 0.0844. The quantitative estimate of drug-likeness (QED) is 0.549. The number of hydrogen-bond acceptors (Lipinski definition) is 6. The number of carbonyl (C=O) groups excluding carboxylic acids is 1. The highest BCUT2D eigenvalue weighted by Crippen LogP contribution is 2.56. The Morgan fingerprint density at radius 3 is 2.78 bits per heavy atom. The smallest absolute Gasteiger partial charge is 0.255 e. The van der Waals surface area contributed by atoms with Crippen molar-refractivity contribution >= 4 is 22.6 Å². The Hall–Kier alpha value is -2.16. The van der Waals surface area contributed by atoms with Crippen molar-refractivity contribution in [1.82, 2.24) is 20.2 Å². The topological polar surface area (TPSA) is 103 Å². The van der Waals surface area contributed by atoms with Crippen molar-refractivity contribution < 1.29 is 14.6 Å².